The zero-order chi connectivity index (χ0) is 11.7. The van der Waals surface area contributed by atoms with Gasteiger partial charge in [0.15, 0.2) is 0 Å². The van der Waals surface area contributed by atoms with Crippen LogP contribution in [0, 0.1) is 0 Å². The van der Waals surface area contributed by atoms with E-state index in [9.17, 15) is 0 Å². The van der Waals surface area contributed by atoms with E-state index in [-0.39, 0.29) is 5.88 Å². The number of nitrogens with two attached hydrogens (primary N) is 1. The van der Waals surface area contributed by atoms with Gasteiger partial charge in [-0.05, 0) is 0 Å². The molecule has 0 amide bonds. The minimum Gasteiger partial charge on any atom is -0.367 e. The van der Waals surface area contributed by atoms with Gasteiger partial charge in [0.1, 0.15) is 5.56 Å². The lowest BCUT2D eigenvalue weighted by molar-refractivity contribution is 0.428. The highest BCUT2D eigenvalue weighted by Gasteiger charge is 2.15. The first kappa shape index (κ1) is 9.59. The van der Waals surface area contributed by atoms with Crippen molar-refractivity contribution in [3.63, 3.8) is 0 Å². The minimum absolute atomic E-state index is 0.160. The fourth-order valence-electron chi connectivity index (χ4n) is 1.45. The van der Waals surface area contributed by atoms with Crippen LogP contribution in [0.15, 0.2) is 45.6 Å². The molecule has 1 aromatic carbocycles. The largest absolute Gasteiger partial charge is 0.367 e. The van der Waals surface area contributed by atoms with Crippen molar-refractivity contribution in [2.45, 2.75) is 0 Å². The van der Waals surface area contributed by atoms with Gasteiger partial charge in [0.25, 0.3) is 5.89 Å². The van der Waals surface area contributed by atoms with Crippen LogP contribution >= 0.6 is 0 Å². The normalized spacial score (nSPS) is 10.6. The molecule has 0 unspecified atom stereocenters. The van der Waals surface area contributed by atoms with Crippen LogP contribution in [0.5, 0.6) is 0 Å². The molecule has 0 bridgehead atoms. The Labute approximate surface area is 96.0 Å². The third-order valence-corrected chi connectivity index (χ3v) is 2.29. The number of hydrogen-bond acceptors (Lipinski definition) is 6. The molecule has 0 saturated carbocycles. The van der Waals surface area contributed by atoms with E-state index in [0.717, 1.165) is 5.56 Å². The average Bonchev–Trinajstić information content (AvgIpc) is 2.98. The highest BCUT2D eigenvalue weighted by atomic mass is 16.5. The summed E-state index contributed by atoms with van der Waals surface area (Å²) in [6.45, 7) is 0. The van der Waals surface area contributed by atoms with Gasteiger partial charge < -0.3 is 14.8 Å². The number of anilines is 1. The topological polar surface area (TPSA) is 91.0 Å². The first-order chi connectivity index (χ1) is 8.34. The Morgan fingerprint density at radius 3 is 2.59 bits per heavy atom. The fourth-order valence-corrected chi connectivity index (χ4v) is 1.45. The molecule has 2 N–H and O–H groups in total. The Bertz CT molecular complexity index is 630. The lowest BCUT2D eigenvalue weighted by atomic mass is 10.2. The summed E-state index contributed by atoms with van der Waals surface area (Å²) in [7, 11) is 0. The van der Waals surface area contributed by atoms with Crippen LogP contribution in [0.4, 0.5) is 5.88 Å². The molecule has 0 aliphatic heterocycles. The summed E-state index contributed by atoms with van der Waals surface area (Å²) in [6.07, 6.45) is 1.44. The third kappa shape index (κ3) is 1.65. The van der Waals surface area contributed by atoms with E-state index in [0.29, 0.717) is 17.3 Å². The van der Waals surface area contributed by atoms with Crippen molar-refractivity contribution in [2.75, 3.05) is 5.73 Å². The second-order valence-electron chi connectivity index (χ2n) is 3.39. The molecular formula is C11H8N4O2. The van der Waals surface area contributed by atoms with Gasteiger partial charge in [-0.25, -0.2) is 0 Å². The van der Waals surface area contributed by atoms with Crippen LogP contribution in [0.2, 0.25) is 0 Å². The minimum atomic E-state index is 0.160. The Morgan fingerprint density at radius 1 is 1.06 bits per heavy atom. The Hall–Kier alpha value is -2.63. The second kappa shape index (κ2) is 3.75. The van der Waals surface area contributed by atoms with E-state index in [1.165, 1.54) is 6.20 Å². The molecule has 0 fully saturated rings. The molecule has 0 radical (unpaired) electrons. The lowest BCUT2D eigenvalue weighted by Gasteiger charge is -1.90. The predicted molar refractivity (Wildman–Crippen MR) is 59.6 cm³/mol. The molecule has 0 aliphatic rings. The molecule has 0 aliphatic carbocycles. The van der Waals surface area contributed by atoms with Crippen molar-refractivity contribution < 1.29 is 9.05 Å². The molecule has 17 heavy (non-hydrogen) atoms. The number of benzene rings is 1. The van der Waals surface area contributed by atoms with Crippen molar-refractivity contribution in [3.05, 3.63) is 36.5 Å². The van der Waals surface area contributed by atoms with Gasteiger partial charge in [0.2, 0.25) is 11.7 Å². The van der Waals surface area contributed by atoms with Crippen molar-refractivity contribution >= 4 is 5.88 Å². The fraction of sp³-hybridized carbons (Fsp3) is 0. The monoisotopic (exact) mass is 228 g/mol. The summed E-state index contributed by atoms with van der Waals surface area (Å²) >= 11 is 0. The van der Waals surface area contributed by atoms with Crippen LogP contribution < -0.4 is 5.73 Å². The quantitative estimate of drug-likeness (QED) is 0.721. The summed E-state index contributed by atoms with van der Waals surface area (Å²) in [5.41, 5.74) is 6.94. The number of hydrogen-bond donors (Lipinski definition) is 1. The summed E-state index contributed by atoms with van der Waals surface area (Å²) in [4.78, 5) is 4.23. The molecule has 3 rings (SSSR count). The van der Waals surface area contributed by atoms with E-state index in [2.05, 4.69) is 15.3 Å². The molecule has 6 heteroatoms. The average molecular weight is 228 g/mol. The van der Waals surface area contributed by atoms with Crippen LogP contribution in [0.3, 0.4) is 0 Å². The number of nitrogens with zero attached hydrogens (tertiary/aromatic N) is 3. The van der Waals surface area contributed by atoms with Crippen LogP contribution in [-0.2, 0) is 0 Å². The smallest absolute Gasteiger partial charge is 0.265 e. The Balaban J connectivity index is 2.02. The van der Waals surface area contributed by atoms with Crippen molar-refractivity contribution in [2.24, 2.45) is 0 Å². The van der Waals surface area contributed by atoms with E-state index < -0.39 is 0 Å². The van der Waals surface area contributed by atoms with Gasteiger partial charge >= 0.3 is 0 Å². The predicted octanol–water partition coefficient (Wildman–Crippen LogP) is 1.97. The zero-order valence-corrected chi connectivity index (χ0v) is 8.70. The number of rotatable bonds is 2. The van der Waals surface area contributed by atoms with E-state index >= 15 is 0 Å². The number of aromatic nitrogens is 3. The molecule has 0 atom stereocenters. The Kier molecular flexibility index (Phi) is 2.11. The van der Waals surface area contributed by atoms with Gasteiger partial charge in [-0.3, -0.25) is 0 Å². The molecule has 0 spiro atoms. The van der Waals surface area contributed by atoms with Crippen molar-refractivity contribution in [1.29, 1.82) is 0 Å². The maximum atomic E-state index is 5.56. The molecule has 6 nitrogen and oxygen atoms in total. The first-order valence-corrected chi connectivity index (χ1v) is 4.94. The highest BCUT2D eigenvalue weighted by molar-refractivity contribution is 5.66. The summed E-state index contributed by atoms with van der Waals surface area (Å²) in [5, 5.41) is 7.42. The summed E-state index contributed by atoms with van der Waals surface area (Å²) < 4.78 is 9.84. The maximum absolute atomic E-state index is 5.56. The third-order valence-electron chi connectivity index (χ3n) is 2.29. The van der Waals surface area contributed by atoms with E-state index in [4.69, 9.17) is 14.8 Å². The highest BCUT2D eigenvalue weighted by Crippen LogP contribution is 2.25. The first-order valence-electron chi connectivity index (χ1n) is 4.94. The summed E-state index contributed by atoms with van der Waals surface area (Å²) in [5.74, 6) is 0.956. The molecule has 2 heterocycles. The zero-order valence-electron chi connectivity index (χ0n) is 8.70. The van der Waals surface area contributed by atoms with Gasteiger partial charge in [0.05, 0.1) is 6.20 Å². The van der Waals surface area contributed by atoms with Crippen LogP contribution in [0.1, 0.15) is 0 Å². The summed E-state index contributed by atoms with van der Waals surface area (Å²) in [6, 6.07) is 9.51. The van der Waals surface area contributed by atoms with Gasteiger partial charge in [-0.1, -0.05) is 40.6 Å². The van der Waals surface area contributed by atoms with E-state index in [1.807, 2.05) is 30.3 Å². The number of nitrogen functional groups attached to an aromatic ring is 1. The SMILES string of the molecule is Nc1oncc1-c1nc(-c2ccccc2)no1. The van der Waals surface area contributed by atoms with Gasteiger partial charge in [-0.15, -0.1) is 0 Å². The Morgan fingerprint density at radius 2 is 1.88 bits per heavy atom. The van der Waals surface area contributed by atoms with Gasteiger partial charge in [-0.2, -0.15) is 4.98 Å². The molecule has 3 aromatic rings. The van der Waals surface area contributed by atoms with Crippen LogP contribution in [-0.4, -0.2) is 15.3 Å². The second-order valence-corrected chi connectivity index (χ2v) is 3.39. The van der Waals surface area contributed by atoms with Crippen molar-refractivity contribution in [3.8, 4) is 22.8 Å². The van der Waals surface area contributed by atoms with Crippen LogP contribution in [0.25, 0.3) is 22.8 Å². The van der Waals surface area contributed by atoms with Crippen molar-refractivity contribution in [1.82, 2.24) is 15.3 Å². The standard InChI is InChI=1S/C11H8N4O2/c12-9-8(6-13-16-9)11-14-10(15-17-11)7-4-2-1-3-5-7/h1-6H,12H2. The van der Waals surface area contributed by atoms with Gasteiger partial charge in [0, 0.05) is 5.56 Å². The maximum Gasteiger partial charge on any atom is 0.265 e. The van der Waals surface area contributed by atoms with E-state index in [1.54, 1.807) is 0 Å². The molecular weight excluding hydrogens is 220 g/mol. The molecule has 84 valence electrons. The molecule has 2 aromatic heterocycles. The molecule has 0 saturated heterocycles. The lowest BCUT2D eigenvalue weighted by Crippen LogP contribution is -1.85.